The van der Waals surface area contributed by atoms with E-state index in [2.05, 4.69) is 45.0 Å². The van der Waals surface area contributed by atoms with Gasteiger partial charge in [-0.2, -0.15) is 10.6 Å². The minimum Gasteiger partial charge on any atom is -0.494 e. The van der Waals surface area contributed by atoms with Gasteiger partial charge in [-0.15, -0.1) is 5.06 Å². The lowest BCUT2D eigenvalue weighted by molar-refractivity contribution is -0.336. The molecular formula is C77H99IN6O28S3. The lowest BCUT2D eigenvalue weighted by atomic mass is 9.75. The highest BCUT2D eigenvalue weighted by Gasteiger charge is 2.53. The maximum absolute atomic E-state index is 14.6. The number of hydrogen-bond donors (Lipinski definition) is 10. The maximum atomic E-state index is 14.6. The Hall–Kier alpha value is -7.01. The molecule has 5 aliphatic heterocycles. The summed E-state index contributed by atoms with van der Waals surface area (Å²) in [6.45, 7) is 14.4. The molecule has 2 aliphatic carbocycles. The number of benzene rings is 2. The molecule has 5 amide bonds. The molecular weight excluding hydrogens is 1680 g/mol. The first-order valence-corrected chi connectivity index (χ1v) is 41.5. The zero-order valence-corrected chi connectivity index (χ0v) is 70.1. The van der Waals surface area contributed by atoms with Crippen molar-refractivity contribution in [2.75, 3.05) is 60.1 Å². The molecule has 5 heterocycles. The Morgan fingerprint density at radius 2 is 1.56 bits per heavy atom. The van der Waals surface area contributed by atoms with Gasteiger partial charge in [0.05, 0.1) is 122 Å². The van der Waals surface area contributed by atoms with Gasteiger partial charge in [0.1, 0.15) is 30.2 Å². The molecule has 5 saturated heterocycles. The minimum absolute atomic E-state index is 0.00991. The highest BCUT2D eigenvalue weighted by molar-refractivity contribution is 14.1. The number of hydrogen-bond acceptors (Lipinski definition) is 33. The molecule has 630 valence electrons. The van der Waals surface area contributed by atoms with Crippen molar-refractivity contribution < 1.29 is 136 Å². The number of carbonyl (C=O) groups is 8. The molecule has 38 heteroatoms. The van der Waals surface area contributed by atoms with E-state index in [1.54, 1.807) is 76.8 Å². The third-order valence-electron chi connectivity index (χ3n) is 20.0. The standard InChI is InChI=1S/C77H99IN6O28S3/c1-13-83(43(7)87)49-37-104-57(31-45(49)35-85)109-69-66(96)62(82-111-58-32-50(88)71(42(6)105-58)114-72(97)59-38(2)61(78)68(70(101-11)67(59)100-10)110-73-65(95)47(36-86)64(94)41(5)107-73)40(4)106-74(69)108-52-19-16-14-15-17-28-77(99)33-51(89)63(79-75(98)102-12)60(52)48(77)27-30-113-115-76(8,9)34-53(90)81-80-39(3)44-21-23-46(24-22-44)103-29-18-20-56(93)112-84-54(91)25-26-55(84)92/h14-15,21-24,27,40-42,45,47,49-50,52,57-58,62,64-66,69,71,73-74,82,85-86,88,94-96,99H,13,18,20,25-26,29-37H2,1-12H3,(H,79,98)(H,81,90)/b15-14-,48-27+,80-39+/t40?,41?,42?,45?,47?,49?,50?,52-,57?,58?,62?,64?,65?,66?,69?,71?,73?,74?,77-/m0/s1. The zero-order chi connectivity index (χ0) is 83.9. The normalized spacial score (nSPS) is 30.3. The third kappa shape index (κ3) is 22.7. The topological polar surface area (TPSA) is 453 Å². The zero-order valence-electron chi connectivity index (χ0n) is 65.5. The van der Waals surface area contributed by atoms with Crippen LogP contribution in [0.15, 0.2) is 64.4 Å². The molecule has 0 radical (unpaired) electrons. The van der Waals surface area contributed by atoms with E-state index >= 15 is 0 Å². The van der Waals surface area contributed by atoms with Crippen molar-refractivity contribution in [1.82, 2.24) is 26.2 Å². The summed E-state index contributed by atoms with van der Waals surface area (Å²) < 4.78 is 66.7. The number of rotatable bonds is 32. The van der Waals surface area contributed by atoms with Crippen molar-refractivity contribution in [1.29, 1.82) is 0 Å². The van der Waals surface area contributed by atoms with Crippen LogP contribution in [0.2, 0.25) is 0 Å². The Labute approximate surface area is 690 Å². The Balaban J connectivity index is 0.901. The van der Waals surface area contributed by atoms with Crippen LogP contribution in [0.3, 0.4) is 0 Å². The lowest BCUT2D eigenvalue weighted by Crippen LogP contribution is -2.65. The third-order valence-corrected chi connectivity index (χ3v) is 25.9. The van der Waals surface area contributed by atoms with Crippen molar-refractivity contribution in [2.24, 2.45) is 16.9 Å². The number of allylic oxidation sites excluding steroid dienone is 3. The summed E-state index contributed by atoms with van der Waals surface area (Å²) in [6.07, 6.45) is -14.8. The summed E-state index contributed by atoms with van der Waals surface area (Å²) in [4.78, 5) is 117. The van der Waals surface area contributed by atoms with Gasteiger partial charge in [0.2, 0.25) is 29.0 Å². The van der Waals surface area contributed by atoms with Gasteiger partial charge in [-0.3, -0.25) is 38.9 Å². The monoisotopic (exact) mass is 1780 g/mol. The van der Waals surface area contributed by atoms with Crippen LogP contribution in [0.5, 0.6) is 23.0 Å². The Kier molecular flexibility index (Phi) is 33.2. The number of likely N-dealkylation sites (N-methyl/N-ethyl adjacent to an activating group) is 1. The number of Topliss-reactive ketones (excluding diaryl/α,β-unsaturated/α-hetero) is 1. The summed E-state index contributed by atoms with van der Waals surface area (Å²) in [7, 11) is 6.33. The van der Waals surface area contributed by atoms with Crippen molar-refractivity contribution >= 4 is 108 Å². The Morgan fingerprint density at radius 3 is 2.21 bits per heavy atom. The largest absolute Gasteiger partial charge is 0.494 e. The van der Waals surface area contributed by atoms with Crippen molar-refractivity contribution in [2.45, 2.75) is 221 Å². The van der Waals surface area contributed by atoms with E-state index in [0.29, 0.717) is 37.8 Å². The number of imide groups is 1. The first-order valence-electron chi connectivity index (χ1n) is 37.2. The molecule has 115 heavy (non-hydrogen) atoms. The van der Waals surface area contributed by atoms with Gasteiger partial charge in [0.25, 0.3) is 11.8 Å². The average molecular weight is 1780 g/mol. The fourth-order valence-corrected chi connectivity index (χ4v) is 18.1. The molecule has 19 atom stereocenters. The van der Waals surface area contributed by atoms with E-state index in [-0.39, 0.29) is 109 Å². The number of ketones is 1. The number of nitrogens with one attached hydrogen (secondary N) is 3. The van der Waals surface area contributed by atoms with E-state index in [0.717, 1.165) is 18.9 Å². The number of hydrazone groups is 1. The van der Waals surface area contributed by atoms with Crippen LogP contribution in [0, 0.1) is 46.0 Å². The van der Waals surface area contributed by atoms with E-state index in [1.807, 2.05) is 36.4 Å². The SMILES string of the molecule is CCN(C(C)=O)C1COC(OC2C(O[C@H]3C#C/C=C\C#C[C@]4(O)CC(=O)C(NC(=O)OC)=C3/C4=C\CSSC(C)(C)CC(=O)N/N=C(\C)c3ccc(OCCCC(=O)ON4C(=O)CCC4=O)cc3)OC(C)C(NOC3CC(O)C(SC(=O)c4c(C)c(I)c(OC5OC(C)C(O)C(CO)C5O)c(OC)c4OC)C(C)O3)C2O)CC1CO. The second kappa shape index (κ2) is 41.6. The number of aliphatic hydroxyl groups is 7. The van der Waals surface area contributed by atoms with Crippen LogP contribution in [0.1, 0.15) is 128 Å². The average Bonchev–Trinajstić information content (AvgIpc) is 0.827. The molecule has 2 aromatic rings. The van der Waals surface area contributed by atoms with Crippen LogP contribution in [-0.2, 0) is 71.6 Å². The van der Waals surface area contributed by atoms with Gasteiger partial charge in [0.15, 0.2) is 41.8 Å². The summed E-state index contributed by atoms with van der Waals surface area (Å²) in [5.74, 6) is 7.03. The summed E-state index contributed by atoms with van der Waals surface area (Å²) in [5.41, 5.74) is 4.24. The first kappa shape index (κ1) is 91.9. The smallest absolute Gasteiger partial charge is 0.411 e. The summed E-state index contributed by atoms with van der Waals surface area (Å²) in [6, 6.07) is 5.04. The van der Waals surface area contributed by atoms with Crippen LogP contribution < -0.4 is 35.2 Å². The number of hydroxylamine groups is 3. The van der Waals surface area contributed by atoms with Gasteiger partial charge in [-0.25, -0.2) is 15.0 Å². The molecule has 7 aliphatic rings. The lowest BCUT2D eigenvalue weighted by Gasteiger charge is -2.47. The predicted molar refractivity (Wildman–Crippen MR) is 422 cm³/mol. The summed E-state index contributed by atoms with van der Waals surface area (Å²) in [5, 5.41) is 85.7. The number of amides is 5. The van der Waals surface area contributed by atoms with E-state index in [1.165, 1.54) is 54.9 Å². The second-order valence-electron chi connectivity index (χ2n) is 28.6. The fourth-order valence-electron chi connectivity index (χ4n) is 13.9. The number of halogens is 1. The van der Waals surface area contributed by atoms with Crippen LogP contribution >= 0.6 is 55.9 Å². The maximum Gasteiger partial charge on any atom is 0.411 e. The summed E-state index contributed by atoms with van der Waals surface area (Å²) >= 11 is 2.73. The van der Waals surface area contributed by atoms with E-state index < -0.39 is 180 Å². The number of ether oxygens (including phenoxy) is 11. The molecule has 34 nitrogen and oxygen atoms in total. The first-order chi connectivity index (χ1) is 54.7. The molecule has 0 aromatic heterocycles. The Morgan fingerprint density at radius 1 is 0.861 bits per heavy atom. The predicted octanol–water partition coefficient (Wildman–Crippen LogP) is 3.84. The van der Waals surface area contributed by atoms with Crippen molar-refractivity contribution in [3.05, 3.63) is 79.6 Å². The van der Waals surface area contributed by atoms with Crippen LogP contribution in [0.4, 0.5) is 4.79 Å². The molecule has 9 rings (SSSR count). The fraction of sp³-hybridized carbons (Fsp3) is 0.597. The highest BCUT2D eigenvalue weighted by atomic mass is 127. The highest BCUT2D eigenvalue weighted by Crippen LogP contribution is 2.50. The molecule has 5 fully saturated rings. The van der Waals surface area contributed by atoms with Crippen LogP contribution in [0.25, 0.3) is 0 Å². The van der Waals surface area contributed by atoms with Crippen molar-refractivity contribution in [3.63, 3.8) is 0 Å². The molecule has 17 unspecified atom stereocenters. The number of alkyl carbamates (subject to hydrolysis) is 1. The van der Waals surface area contributed by atoms with Gasteiger partial charge < -0.3 is 97.6 Å². The molecule has 0 spiro atoms. The number of aliphatic hydroxyl groups excluding tert-OH is 6. The van der Waals surface area contributed by atoms with Gasteiger partial charge in [-0.1, -0.05) is 63.1 Å². The van der Waals surface area contributed by atoms with Crippen molar-refractivity contribution in [3.8, 4) is 46.7 Å². The Bertz CT molecular complexity index is 4120. The van der Waals surface area contributed by atoms with Crippen LogP contribution in [-0.4, -0.2) is 266 Å². The number of methoxy groups -OCH3 is 3. The second-order valence-corrected chi connectivity index (χ2v) is 33.9. The molecule has 2 bridgehead atoms. The molecule has 2 aromatic carbocycles. The number of carbonyl (C=O) groups excluding carboxylic acids is 8. The van der Waals surface area contributed by atoms with Gasteiger partial charge in [-0.05, 0) is 132 Å². The van der Waals surface area contributed by atoms with E-state index in [9.17, 15) is 74.1 Å². The van der Waals surface area contributed by atoms with E-state index in [4.69, 9.17) is 61.8 Å². The number of fused-ring (bicyclic) bond motifs is 2. The number of nitrogens with zero attached hydrogens (tertiary/aromatic N) is 3. The van der Waals surface area contributed by atoms with Gasteiger partial charge in [0, 0.05) is 85.7 Å². The minimum atomic E-state index is -2.26. The quantitative estimate of drug-likeness (QED) is 0.00946. The van der Waals surface area contributed by atoms with Gasteiger partial charge >= 0.3 is 12.1 Å². The number of thioether (sulfide) groups is 1. The molecule has 0 saturated carbocycles. The molecule has 10 N–H and O–H groups in total.